The van der Waals surface area contributed by atoms with Gasteiger partial charge in [0.05, 0.1) is 6.61 Å². The molecule has 3 aliphatic carbocycles. The summed E-state index contributed by atoms with van der Waals surface area (Å²) in [5, 5.41) is 0.542. The van der Waals surface area contributed by atoms with Crippen LogP contribution in [0.5, 0.6) is 6.01 Å². The first-order valence-corrected chi connectivity index (χ1v) is 16.6. The summed E-state index contributed by atoms with van der Waals surface area (Å²) in [7, 11) is 0. The lowest BCUT2D eigenvalue weighted by molar-refractivity contribution is -0.131. The molecule has 2 aromatic carbocycles. The van der Waals surface area contributed by atoms with E-state index in [1.54, 1.807) is 0 Å². The fourth-order valence-corrected chi connectivity index (χ4v) is 8.10. The van der Waals surface area contributed by atoms with Crippen LogP contribution in [-0.2, 0) is 11.2 Å². The van der Waals surface area contributed by atoms with Gasteiger partial charge in [0.2, 0.25) is 6.54 Å². The summed E-state index contributed by atoms with van der Waals surface area (Å²) in [4.78, 5) is 31.4. The molecule has 2 aliphatic heterocycles. The van der Waals surface area contributed by atoms with Crippen molar-refractivity contribution < 1.29 is 18.3 Å². The van der Waals surface area contributed by atoms with E-state index < -0.39 is 23.6 Å². The van der Waals surface area contributed by atoms with Crippen LogP contribution in [0.2, 0.25) is 0 Å². The van der Waals surface area contributed by atoms with Crippen molar-refractivity contribution in [1.82, 2.24) is 19.8 Å². The van der Waals surface area contributed by atoms with Gasteiger partial charge in [-0.15, -0.1) is 0 Å². The van der Waals surface area contributed by atoms with E-state index in [1.807, 2.05) is 29.2 Å². The Kier molecular flexibility index (Phi) is 7.20. The number of carbonyl (C=O) groups excluding carboxylic acids is 1. The maximum Gasteiger partial charge on any atom is 0.319 e. The molecule has 2 saturated heterocycles. The highest BCUT2D eigenvalue weighted by Gasteiger charge is 2.47. The smallest absolute Gasteiger partial charge is 0.319 e. The standard InChI is InChI=1S/C36H38F2N6O2/c1-22(37)34(45)44-15-14-43(19-25(44)18-39-2)33-28-9-8-27(26-7-5-6-23-16-24-17-29(24)30(23)26)31(38)32(28)40-35(41-33)46-21-36(10-11-36)20-42-12-3-4-13-42/h5-9,24-25,29H,1,3-4,10-21H2/t24-,25-,29+/m0/s1. The topological polar surface area (TPSA) is 66.2 Å². The lowest BCUT2D eigenvalue weighted by atomic mass is 9.93. The highest BCUT2D eigenvalue weighted by Crippen LogP contribution is 2.59. The Morgan fingerprint density at radius 1 is 1.11 bits per heavy atom. The summed E-state index contributed by atoms with van der Waals surface area (Å²) < 4.78 is 37.0. The second kappa shape index (κ2) is 11.3. The molecule has 238 valence electrons. The van der Waals surface area contributed by atoms with Gasteiger partial charge in [0.1, 0.15) is 17.4 Å². The number of benzene rings is 2. The number of halogens is 2. The molecular formula is C36H38F2N6O2. The van der Waals surface area contributed by atoms with Crippen molar-refractivity contribution in [2.24, 2.45) is 11.3 Å². The summed E-state index contributed by atoms with van der Waals surface area (Å²) in [6.07, 6.45) is 6.85. The number of amides is 1. The fraction of sp³-hybridized carbons (Fsp3) is 0.500. The van der Waals surface area contributed by atoms with Gasteiger partial charge in [-0.25, -0.2) is 15.4 Å². The molecule has 1 amide bonds. The van der Waals surface area contributed by atoms with Gasteiger partial charge in [0.25, 0.3) is 5.91 Å². The lowest BCUT2D eigenvalue weighted by Gasteiger charge is -2.39. The lowest BCUT2D eigenvalue weighted by Crippen LogP contribution is -2.56. The molecule has 3 aromatic rings. The first-order chi connectivity index (χ1) is 22.3. The fourth-order valence-electron chi connectivity index (χ4n) is 8.10. The Bertz CT molecular complexity index is 1780. The monoisotopic (exact) mass is 624 g/mol. The number of carbonyl (C=O) groups is 1. The largest absolute Gasteiger partial charge is 0.463 e. The van der Waals surface area contributed by atoms with Crippen LogP contribution in [0.1, 0.15) is 49.1 Å². The number of nitrogens with zero attached hydrogens (tertiary/aromatic N) is 6. The number of likely N-dealkylation sites (tertiary alicyclic amines) is 1. The van der Waals surface area contributed by atoms with Gasteiger partial charge in [0, 0.05) is 42.5 Å². The SMILES string of the molecule is [C-]#[N+]C[C@H]1CN(c2nc(OCC3(CN4CCCC4)CC3)nc3c(F)c(-c4cccc5c4[C@@H]4C[C@@H]4C5)ccc23)CCN1C(=O)C(=C)F. The molecular weight excluding hydrogens is 586 g/mol. The summed E-state index contributed by atoms with van der Waals surface area (Å²) in [5.74, 6) is -0.577. The summed E-state index contributed by atoms with van der Waals surface area (Å²) in [5.41, 5.74) is 4.31. The van der Waals surface area contributed by atoms with Crippen molar-refractivity contribution in [3.63, 3.8) is 0 Å². The normalized spacial score (nSPS) is 24.4. The van der Waals surface area contributed by atoms with Crippen LogP contribution in [-0.4, -0.2) is 84.1 Å². The molecule has 0 N–H and O–H groups in total. The maximum atomic E-state index is 16.8. The predicted octanol–water partition coefficient (Wildman–Crippen LogP) is 5.77. The van der Waals surface area contributed by atoms with Gasteiger partial charge in [-0.05, 0) is 86.2 Å². The molecule has 5 aliphatic rings. The number of piperazine rings is 1. The Morgan fingerprint density at radius 2 is 1.93 bits per heavy atom. The van der Waals surface area contributed by atoms with Crippen molar-refractivity contribution in [2.45, 2.75) is 50.5 Å². The third-order valence-corrected chi connectivity index (χ3v) is 10.8. The predicted molar refractivity (Wildman–Crippen MR) is 172 cm³/mol. The zero-order chi connectivity index (χ0) is 31.6. The van der Waals surface area contributed by atoms with Gasteiger partial charge in [0.15, 0.2) is 11.6 Å². The summed E-state index contributed by atoms with van der Waals surface area (Å²) >= 11 is 0. The van der Waals surface area contributed by atoms with Crippen LogP contribution in [0, 0.1) is 23.7 Å². The molecule has 0 radical (unpaired) electrons. The van der Waals surface area contributed by atoms with Crippen LogP contribution in [0.3, 0.4) is 0 Å². The van der Waals surface area contributed by atoms with Crippen LogP contribution >= 0.6 is 0 Å². The third-order valence-electron chi connectivity index (χ3n) is 10.8. The second-order valence-corrected chi connectivity index (χ2v) is 14.0. The highest BCUT2D eigenvalue weighted by atomic mass is 19.1. The summed E-state index contributed by atoms with van der Waals surface area (Å²) in [6.45, 7) is 15.1. The molecule has 3 atom stereocenters. The molecule has 2 saturated carbocycles. The van der Waals surface area contributed by atoms with Crippen molar-refractivity contribution >= 4 is 22.6 Å². The van der Waals surface area contributed by atoms with Crippen molar-refractivity contribution in [3.8, 4) is 17.1 Å². The van der Waals surface area contributed by atoms with E-state index in [9.17, 15) is 9.18 Å². The number of hydrogen-bond donors (Lipinski definition) is 0. The summed E-state index contributed by atoms with van der Waals surface area (Å²) in [6, 6.07) is 9.46. The van der Waals surface area contributed by atoms with Crippen molar-refractivity contribution in [1.29, 1.82) is 0 Å². The molecule has 4 fully saturated rings. The Hall–Kier alpha value is -4.10. The maximum absolute atomic E-state index is 16.8. The zero-order valence-electron chi connectivity index (χ0n) is 26.0. The molecule has 0 unspecified atom stereocenters. The number of hydrogen-bond acceptors (Lipinski definition) is 6. The zero-order valence-corrected chi connectivity index (χ0v) is 26.0. The molecule has 1 aromatic heterocycles. The average Bonchev–Trinajstić information content (AvgIpc) is 3.90. The number of anilines is 1. The first-order valence-electron chi connectivity index (χ1n) is 16.6. The van der Waals surface area contributed by atoms with Gasteiger partial charge in [-0.1, -0.05) is 30.8 Å². The van der Waals surface area contributed by atoms with E-state index in [0.29, 0.717) is 41.8 Å². The molecule has 46 heavy (non-hydrogen) atoms. The molecule has 8 rings (SSSR count). The average molecular weight is 625 g/mol. The van der Waals surface area contributed by atoms with E-state index in [2.05, 4.69) is 22.4 Å². The Labute approximate surface area is 267 Å². The molecule has 0 bridgehead atoms. The van der Waals surface area contributed by atoms with Gasteiger partial charge < -0.3 is 24.3 Å². The first kappa shape index (κ1) is 29.3. The van der Waals surface area contributed by atoms with Crippen LogP contribution in [0.4, 0.5) is 14.6 Å². The number of aromatic nitrogens is 2. The van der Waals surface area contributed by atoms with E-state index in [0.717, 1.165) is 44.5 Å². The number of fused-ring (bicyclic) bond motifs is 4. The van der Waals surface area contributed by atoms with Crippen LogP contribution in [0.25, 0.3) is 26.9 Å². The minimum atomic E-state index is -1.05. The van der Waals surface area contributed by atoms with Crippen molar-refractivity contribution in [3.05, 3.63) is 71.1 Å². The number of ether oxygens (including phenoxy) is 1. The Balaban J connectivity index is 1.17. The molecule has 0 spiro atoms. The van der Waals surface area contributed by atoms with Gasteiger partial charge in [-0.3, -0.25) is 4.79 Å². The second-order valence-electron chi connectivity index (χ2n) is 14.0. The molecule has 8 nitrogen and oxygen atoms in total. The van der Waals surface area contributed by atoms with Crippen molar-refractivity contribution in [2.75, 3.05) is 57.3 Å². The van der Waals surface area contributed by atoms with E-state index >= 15 is 4.39 Å². The minimum absolute atomic E-state index is 0.000695. The van der Waals surface area contributed by atoms with Gasteiger partial charge >= 0.3 is 6.01 Å². The van der Waals surface area contributed by atoms with E-state index in [-0.39, 0.29) is 36.6 Å². The van der Waals surface area contributed by atoms with E-state index in [1.165, 1.54) is 35.3 Å². The Morgan fingerprint density at radius 3 is 2.70 bits per heavy atom. The third kappa shape index (κ3) is 5.19. The molecule has 3 heterocycles. The molecule has 10 heteroatoms. The number of rotatable bonds is 9. The van der Waals surface area contributed by atoms with E-state index in [4.69, 9.17) is 21.3 Å². The van der Waals surface area contributed by atoms with Gasteiger partial charge in [-0.2, -0.15) is 9.97 Å². The minimum Gasteiger partial charge on any atom is -0.463 e. The highest BCUT2D eigenvalue weighted by molar-refractivity contribution is 5.95. The van der Waals surface area contributed by atoms with Crippen LogP contribution < -0.4 is 9.64 Å². The van der Waals surface area contributed by atoms with Crippen LogP contribution in [0.15, 0.2) is 42.7 Å². The quantitative estimate of drug-likeness (QED) is 0.223.